The van der Waals surface area contributed by atoms with Crippen molar-refractivity contribution >= 4 is 34.7 Å². The van der Waals surface area contributed by atoms with Crippen molar-refractivity contribution in [3.05, 3.63) is 65.2 Å². The Balaban J connectivity index is 0.00000420. The van der Waals surface area contributed by atoms with Crippen LogP contribution in [0.25, 0.3) is 0 Å². The summed E-state index contributed by atoms with van der Waals surface area (Å²) in [5.74, 6) is -0.397. The van der Waals surface area contributed by atoms with Gasteiger partial charge in [-0.3, -0.25) is 0 Å². The summed E-state index contributed by atoms with van der Waals surface area (Å²) in [6.07, 6.45) is -0.254. The Morgan fingerprint density at radius 1 is 1.21 bits per heavy atom. The van der Waals surface area contributed by atoms with Crippen molar-refractivity contribution < 1.29 is 27.8 Å². The largest absolute Gasteiger partial charge is 0.465 e. The summed E-state index contributed by atoms with van der Waals surface area (Å²) in [4.78, 5) is 11.5. The van der Waals surface area contributed by atoms with E-state index < -0.39 is 17.6 Å². The summed E-state index contributed by atoms with van der Waals surface area (Å²) in [5, 5.41) is 13.5. The van der Waals surface area contributed by atoms with Crippen LogP contribution >= 0.6 is 28.7 Å². The SMILES string of the molecule is Br.COC(=O)c1ccc(CC(C)NCC(O)c2cccc(SC(F)(F)F)c2)cc1. The number of thioether (sulfide) groups is 1. The maximum Gasteiger partial charge on any atom is 0.446 e. The molecule has 0 radical (unpaired) electrons. The summed E-state index contributed by atoms with van der Waals surface area (Å²) in [5.41, 5.74) is -2.46. The number of rotatable bonds is 8. The average Bonchev–Trinajstić information content (AvgIpc) is 2.65. The standard InChI is InChI=1S/C20H22F3NO3S.BrH/c1-13(10-14-6-8-15(9-7-14)19(26)27-2)24-12-18(25)16-4-3-5-17(11-16)28-20(21,22)23;/h3-9,11,13,18,24-25H,10,12H2,1-2H3;1H. The zero-order chi connectivity index (χ0) is 20.7. The van der Waals surface area contributed by atoms with Crippen LogP contribution in [-0.2, 0) is 11.2 Å². The fourth-order valence-electron chi connectivity index (χ4n) is 2.67. The number of aliphatic hydroxyl groups excluding tert-OH is 1. The summed E-state index contributed by atoms with van der Waals surface area (Å²) in [6, 6.07) is 12.9. The molecule has 0 aliphatic carbocycles. The molecule has 0 aliphatic heterocycles. The van der Waals surface area contributed by atoms with Gasteiger partial charge in [0.2, 0.25) is 0 Å². The van der Waals surface area contributed by atoms with Crippen LogP contribution in [0.1, 0.15) is 34.5 Å². The third kappa shape index (κ3) is 8.77. The number of nitrogens with one attached hydrogen (secondary N) is 1. The molecule has 0 fully saturated rings. The first-order chi connectivity index (χ1) is 13.2. The zero-order valence-electron chi connectivity index (χ0n) is 15.9. The molecule has 9 heteroatoms. The molecule has 2 atom stereocenters. The van der Waals surface area contributed by atoms with E-state index in [-0.39, 0.29) is 46.2 Å². The fraction of sp³-hybridized carbons (Fsp3) is 0.350. The second-order valence-corrected chi connectivity index (χ2v) is 7.48. The average molecular weight is 494 g/mol. The zero-order valence-corrected chi connectivity index (χ0v) is 18.4. The van der Waals surface area contributed by atoms with Gasteiger partial charge in [0.05, 0.1) is 18.8 Å². The van der Waals surface area contributed by atoms with Gasteiger partial charge < -0.3 is 15.2 Å². The first-order valence-electron chi connectivity index (χ1n) is 8.62. The molecule has 160 valence electrons. The van der Waals surface area contributed by atoms with Crippen LogP contribution in [0.15, 0.2) is 53.4 Å². The molecule has 2 unspecified atom stereocenters. The van der Waals surface area contributed by atoms with E-state index in [0.29, 0.717) is 17.5 Å². The quantitative estimate of drug-likeness (QED) is 0.403. The number of benzene rings is 2. The van der Waals surface area contributed by atoms with Gasteiger partial charge in [-0.15, -0.1) is 17.0 Å². The normalized spacial score (nSPS) is 13.3. The lowest BCUT2D eigenvalue weighted by atomic mass is 10.0. The van der Waals surface area contributed by atoms with Gasteiger partial charge in [-0.1, -0.05) is 24.3 Å². The van der Waals surface area contributed by atoms with Crippen LogP contribution in [-0.4, -0.2) is 36.3 Å². The predicted octanol–water partition coefficient (Wildman–Crippen LogP) is 4.92. The first-order valence-corrected chi connectivity index (χ1v) is 9.44. The molecule has 0 saturated carbocycles. The lowest BCUT2D eigenvalue weighted by Gasteiger charge is -2.18. The van der Waals surface area contributed by atoms with Crippen LogP contribution in [0, 0.1) is 0 Å². The first kappa shape index (κ1) is 25.5. The van der Waals surface area contributed by atoms with Gasteiger partial charge in [-0.2, -0.15) is 13.2 Å². The summed E-state index contributed by atoms with van der Waals surface area (Å²) < 4.78 is 42.1. The number of carbonyl (C=O) groups excluding carboxylic acids is 1. The molecule has 0 bridgehead atoms. The molecule has 2 rings (SSSR count). The van der Waals surface area contributed by atoms with E-state index in [1.54, 1.807) is 18.2 Å². The maximum absolute atomic E-state index is 12.5. The smallest absolute Gasteiger partial charge is 0.446 e. The summed E-state index contributed by atoms with van der Waals surface area (Å²) in [7, 11) is 1.32. The van der Waals surface area contributed by atoms with E-state index in [0.717, 1.165) is 5.56 Å². The molecule has 0 saturated heterocycles. The second kappa shape index (κ2) is 11.6. The molecule has 2 aromatic carbocycles. The number of alkyl halides is 3. The predicted molar refractivity (Wildman–Crippen MR) is 113 cm³/mol. The number of hydrogen-bond acceptors (Lipinski definition) is 5. The molecular weight excluding hydrogens is 471 g/mol. The topological polar surface area (TPSA) is 58.6 Å². The van der Waals surface area contributed by atoms with Crippen molar-refractivity contribution in [2.24, 2.45) is 0 Å². The van der Waals surface area contributed by atoms with Crippen molar-refractivity contribution in [2.75, 3.05) is 13.7 Å². The number of methoxy groups -OCH3 is 1. The highest BCUT2D eigenvalue weighted by Crippen LogP contribution is 2.37. The molecule has 0 heterocycles. The molecule has 0 aromatic heterocycles. The minimum Gasteiger partial charge on any atom is -0.465 e. The highest BCUT2D eigenvalue weighted by molar-refractivity contribution is 8.93. The maximum atomic E-state index is 12.5. The third-order valence-electron chi connectivity index (χ3n) is 4.05. The van der Waals surface area contributed by atoms with Gasteiger partial charge >= 0.3 is 11.5 Å². The Hall–Kier alpha value is -1.55. The number of hydrogen-bond donors (Lipinski definition) is 2. The minimum atomic E-state index is -4.36. The number of ether oxygens (including phenoxy) is 1. The van der Waals surface area contributed by atoms with Crippen LogP contribution in [0.2, 0.25) is 0 Å². The van der Waals surface area contributed by atoms with Gasteiger partial charge in [0.1, 0.15) is 0 Å². The highest BCUT2D eigenvalue weighted by atomic mass is 79.9. The van der Waals surface area contributed by atoms with Gasteiger partial charge in [-0.25, -0.2) is 4.79 Å². The van der Waals surface area contributed by atoms with Crippen molar-refractivity contribution in [3.8, 4) is 0 Å². The van der Waals surface area contributed by atoms with Crippen molar-refractivity contribution in [1.82, 2.24) is 5.32 Å². The molecule has 4 nitrogen and oxygen atoms in total. The molecule has 2 N–H and O–H groups in total. The number of esters is 1. The van der Waals surface area contributed by atoms with Crippen LogP contribution in [0.5, 0.6) is 0 Å². The van der Waals surface area contributed by atoms with E-state index in [4.69, 9.17) is 0 Å². The van der Waals surface area contributed by atoms with Gasteiger partial charge in [0.15, 0.2) is 0 Å². The molecule has 0 aliphatic rings. The number of halogens is 4. The van der Waals surface area contributed by atoms with Crippen LogP contribution in [0.4, 0.5) is 13.2 Å². The van der Waals surface area contributed by atoms with Gasteiger partial charge in [0, 0.05) is 17.5 Å². The van der Waals surface area contributed by atoms with Crippen molar-refractivity contribution in [3.63, 3.8) is 0 Å². The second-order valence-electron chi connectivity index (χ2n) is 6.34. The minimum absolute atomic E-state index is 0. The molecule has 2 aromatic rings. The van der Waals surface area contributed by atoms with E-state index >= 15 is 0 Å². The van der Waals surface area contributed by atoms with Gasteiger partial charge in [0.25, 0.3) is 0 Å². The van der Waals surface area contributed by atoms with Crippen molar-refractivity contribution in [1.29, 1.82) is 0 Å². The highest BCUT2D eigenvalue weighted by Gasteiger charge is 2.29. The Morgan fingerprint density at radius 2 is 1.86 bits per heavy atom. The Bertz CT molecular complexity index is 787. The number of carbonyl (C=O) groups is 1. The number of aliphatic hydroxyl groups is 1. The van der Waals surface area contributed by atoms with Crippen LogP contribution in [0.3, 0.4) is 0 Å². The van der Waals surface area contributed by atoms with Crippen LogP contribution < -0.4 is 5.32 Å². The Morgan fingerprint density at radius 3 is 2.45 bits per heavy atom. The lowest BCUT2D eigenvalue weighted by Crippen LogP contribution is -2.32. The summed E-state index contributed by atoms with van der Waals surface area (Å²) in [6.45, 7) is 2.15. The third-order valence-corrected chi connectivity index (χ3v) is 4.77. The van der Waals surface area contributed by atoms with Crippen molar-refractivity contribution in [2.45, 2.75) is 35.9 Å². The molecule has 0 spiro atoms. The Labute approximate surface area is 182 Å². The molecule has 0 amide bonds. The van der Waals surface area contributed by atoms with E-state index in [1.165, 1.54) is 25.3 Å². The molecule has 29 heavy (non-hydrogen) atoms. The van der Waals surface area contributed by atoms with E-state index in [2.05, 4.69) is 10.1 Å². The summed E-state index contributed by atoms with van der Waals surface area (Å²) >= 11 is -0.201. The van der Waals surface area contributed by atoms with E-state index in [9.17, 15) is 23.1 Å². The Kier molecular flexibility index (Phi) is 10.2. The fourth-order valence-corrected chi connectivity index (χ4v) is 3.28. The monoisotopic (exact) mass is 493 g/mol. The lowest BCUT2D eigenvalue weighted by molar-refractivity contribution is -0.0328. The molecular formula is C20H23BrF3NO3S. The van der Waals surface area contributed by atoms with Gasteiger partial charge in [-0.05, 0) is 60.5 Å². The van der Waals surface area contributed by atoms with E-state index in [1.807, 2.05) is 19.1 Å².